The quantitative estimate of drug-likeness (QED) is 0.688. The van der Waals surface area contributed by atoms with Crippen LogP contribution in [0.3, 0.4) is 0 Å². The van der Waals surface area contributed by atoms with Crippen LogP contribution in [0.2, 0.25) is 0 Å². The van der Waals surface area contributed by atoms with Crippen LogP contribution < -0.4 is 5.73 Å². The molecular weight excluding hydrogens is 192 g/mol. The molecule has 1 amide bonds. The second kappa shape index (κ2) is 3.76. The number of carbonyl (C=O) groups excluding carboxylic acids is 1. The highest BCUT2D eigenvalue weighted by molar-refractivity contribution is 5.83. The second-order valence-corrected chi connectivity index (χ2v) is 4.86. The first kappa shape index (κ1) is 10.9. The van der Waals surface area contributed by atoms with Gasteiger partial charge in [-0.05, 0) is 33.1 Å². The molecule has 0 aromatic carbocycles. The third kappa shape index (κ3) is 1.66. The zero-order valence-electron chi connectivity index (χ0n) is 9.53. The molecule has 2 N–H and O–H groups in total. The summed E-state index contributed by atoms with van der Waals surface area (Å²) in [5.41, 5.74) is 5.66. The van der Waals surface area contributed by atoms with Gasteiger partial charge in [-0.25, -0.2) is 0 Å². The third-order valence-corrected chi connectivity index (χ3v) is 3.95. The van der Waals surface area contributed by atoms with E-state index in [1.807, 2.05) is 11.8 Å². The van der Waals surface area contributed by atoms with Gasteiger partial charge in [-0.3, -0.25) is 4.79 Å². The van der Waals surface area contributed by atoms with Gasteiger partial charge in [0, 0.05) is 13.2 Å². The van der Waals surface area contributed by atoms with E-state index in [0.29, 0.717) is 0 Å². The number of piperidine rings is 1. The minimum Gasteiger partial charge on any atom is -0.376 e. The SMILES string of the molecule is CC1OCCC1(C)N1CCCC(N)C1=O. The number of likely N-dealkylation sites (tertiary alicyclic amines) is 1. The standard InChI is InChI=1S/C11H20N2O2/c1-8-11(2,5-7-15-8)13-6-3-4-9(12)10(13)14/h8-9H,3-7,12H2,1-2H3. The number of hydrogen-bond donors (Lipinski definition) is 1. The molecule has 0 saturated carbocycles. The van der Waals surface area contributed by atoms with E-state index in [2.05, 4.69) is 6.92 Å². The maximum atomic E-state index is 12.0. The van der Waals surface area contributed by atoms with Gasteiger partial charge in [0.1, 0.15) is 0 Å². The number of rotatable bonds is 1. The fraction of sp³-hybridized carbons (Fsp3) is 0.909. The smallest absolute Gasteiger partial charge is 0.240 e. The Hall–Kier alpha value is -0.610. The van der Waals surface area contributed by atoms with Gasteiger partial charge < -0.3 is 15.4 Å². The van der Waals surface area contributed by atoms with E-state index in [1.165, 1.54) is 0 Å². The minimum absolute atomic E-state index is 0.0982. The summed E-state index contributed by atoms with van der Waals surface area (Å²) in [6, 6.07) is -0.302. The number of carbonyl (C=O) groups is 1. The zero-order chi connectivity index (χ0) is 11.1. The molecule has 2 rings (SSSR count). The molecule has 4 heteroatoms. The fourth-order valence-corrected chi connectivity index (χ4v) is 2.59. The Balaban J connectivity index is 2.18. The summed E-state index contributed by atoms with van der Waals surface area (Å²) in [5, 5.41) is 0. The van der Waals surface area contributed by atoms with Crippen LogP contribution in [0.5, 0.6) is 0 Å². The van der Waals surface area contributed by atoms with E-state index < -0.39 is 0 Å². The summed E-state index contributed by atoms with van der Waals surface area (Å²) in [5.74, 6) is 0.0982. The van der Waals surface area contributed by atoms with Crippen molar-refractivity contribution in [1.29, 1.82) is 0 Å². The lowest BCUT2D eigenvalue weighted by Gasteiger charge is -2.44. The molecule has 86 valence electrons. The molecule has 0 aliphatic carbocycles. The van der Waals surface area contributed by atoms with Crippen molar-refractivity contribution in [2.45, 2.75) is 50.8 Å². The van der Waals surface area contributed by atoms with Crippen LogP contribution >= 0.6 is 0 Å². The van der Waals surface area contributed by atoms with E-state index in [1.54, 1.807) is 0 Å². The van der Waals surface area contributed by atoms with Crippen molar-refractivity contribution in [2.75, 3.05) is 13.2 Å². The Kier molecular flexibility index (Phi) is 2.73. The average molecular weight is 212 g/mol. The molecule has 2 aliphatic heterocycles. The molecule has 0 spiro atoms. The van der Waals surface area contributed by atoms with Crippen molar-refractivity contribution < 1.29 is 9.53 Å². The molecule has 0 aromatic rings. The lowest BCUT2D eigenvalue weighted by Crippen LogP contribution is -2.60. The maximum absolute atomic E-state index is 12.0. The number of nitrogens with zero attached hydrogens (tertiary/aromatic N) is 1. The Bertz CT molecular complexity index is 269. The molecule has 2 heterocycles. The van der Waals surface area contributed by atoms with Gasteiger partial charge in [0.15, 0.2) is 0 Å². The minimum atomic E-state index is -0.302. The van der Waals surface area contributed by atoms with Crippen LogP contribution in [-0.4, -0.2) is 41.6 Å². The Morgan fingerprint density at radius 3 is 2.93 bits per heavy atom. The summed E-state index contributed by atoms with van der Waals surface area (Å²) < 4.78 is 5.57. The molecule has 3 atom stereocenters. The molecule has 2 saturated heterocycles. The topological polar surface area (TPSA) is 55.6 Å². The predicted octanol–water partition coefficient (Wildman–Crippen LogP) is 0.504. The number of hydrogen-bond acceptors (Lipinski definition) is 3. The van der Waals surface area contributed by atoms with Crippen molar-refractivity contribution in [2.24, 2.45) is 5.73 Å². The van der Waals surface area contributed by atoms with Crippen LogP contribution in [0.15, 0.2) is 0 Å². The zero-order valence-corrected chi connectivity index (χ0v) is 9.53. The Labute approximate surface area is 90.8 Å². The highest BCUT2D eigenvalue weighted by Gasteiger charge is 2.46. The van der Waals surface area contributed by atoms with Crippen molar-refractivity contribution in [3.05, 3.63) is 0 Å². The first-order chi connectivity index (χ1) is 7.05. The average Bonchev–Trinajstić information content (AvgIpc) is 2.53. The van der Waals surface area contributed by atoms with Crippen molar-refractivity contribution in [1.82, 2.24) is 4.90 Å². The van der Waals surface area contributed by atoms with Gasteiger partial charge in [0.2, 0.25) is 5.91 Å². The molecule has 0 bridgehead atoms. The van der Waals surface area contributed by atoms with Crippen LogP contribution in [0.25, 0.3) is 0 Å². The van der Waals surface area contributed by atoms with Gasteiger partial charge in [-0.1, -0.05) is 0 Å². The van der Waals surface area contributed by atoms with Gasteiger partial charge in [0.05, 0.1) is 17.7 Å². The largest absolute Gasteiger partial charge is 0.376 e. The van der Waals surface area contributed by atoms with Gasteiger partial charge in [-0.2, -0.15) is 0 Å². The highest BCUT2D eigenvalue weighted by atomic mass is 16.5. The first-order valence-corrected chi connectivity index (χ1v) is 5.74. The van der Waals surface area contributed by atoms with Crippen LogP contribution in [0.1, 0.15) is 33.1 Å². The molecule has 4 nitrogen and oxygen atoms in total. The lowest BCUT2D eigenvalue weighted by atomic mass is 9.89. The van der Waals surface area contributed by atoms with E-state index in [0.717, 1.165) is 32.4 Å². The van der Waals surface area contributed by atoms with Crippen molar-refractivity contribution in [3.63, 3.8) is 0 Å². The third-order valence-electron chi connectivity index (χ3n) is 3.95. The molecule has 3 unspecified atom stereocenters. The number of ether oxygens (including phenoxy) is 1. The van der Waals surface area contributed by atoms with Crippen LogP contribution in [0.4, 0.5) is 0 Å². The lowest BCUT2D eigenvalue weighted by molar-refractivity contribution is -0.143. The number of amides is 1. The monoisotopic (exact) mass is 212 g/mol. The molecule has 0 aromatic heterocycles. The number of nitrogens with two attached hydrogens (primary N) is 1. The summed E-state index contributed by atoms with van der Waals surface area (Å²) in [7, 11) is 0. The molecule has 15 heavy (non-hydrogen) atoms. The normalized spacial score (nSPS) is 42.3. The van der Waals surface area contributed by atoms with Gasteiger partial charge in [0.25, 0.3) is 0 Å². The molecule has 2 fully saturated rings. The Morgan fingerprint density at radius 2 is 2.33 bits per heavy atom. The molecule has 2 aliphatic rings. The first-order valence-electron chi connectivity index (χ1n) is 5.74. The summed E-state index contributed by atoms with van der Waals surface area (Å²) >= 11 is 0. The van der Waals surface area contributed by atoms with Gasteiger partial charge in [-0.15, -0.1) is 0 Å². The fourth-order valence-electron chi connectivity index (χ4n) is 2.59. The second-order valence-electron chi connectivity index (χ2n) is 4.86. The summed E-state index contributed by atoms with van der Waals surface area (Å²) in [6.45, 7) is 5.73. The highest BCUT2D eigenvalue weighted by Crippen LogP contribution is 2.33. The molecule has 0 radical (unpaired) electrons. The van der Waals surface area contributed by atoms with E-state index >= 15 is 0 Å². The van der Waals surface area contributed by atoms with E-state index in [9.17, 15) is 4.79 Å². The molecular formula is C11H20N2O2. The van der Waals surface area contributed by atoms with E-state index in [4.69, 9.17) is 10.5 Å². The Morgan fingerprint density at radius 1 is 1.60 bits per heavy atom. The summed E-state index contributed by atoms with van der Waals surface area (Å²) in [4.78, 5) is 14.0. The summed E-state index contributed by atoms with van der Waals surface area (Å²) in [6.07, 6.45) is 2.87. The van der Waals surface area contributed by atoms with Crippen LogP contribution in [0, 0.1) is 0 Å². The predicted molar refractivity (Wildman–Crippen MR) is 57.4 cm³/mol. The van der Waals surface area contributed by atoms with Crippen LogP contribution in [-0.2, 0) is 9.53 Å². The van der Waals surface area contributed by atoms with Gasteiger partial charge >= 0.3 is 0 Å². The maximum Gasteiger partial charge on any atom is 0.240 e. The van der Waals surface area contributed by atoms with Crippen molar-refractivity contribution >= 4 is 5.91 Å². The van der Waals surface area contributed by atoms with Crippen molar-refractivity contribution in [3.8, 4) is 0 Å². The van der Waals surface area contributed by atoms with E-state index in [-0.39, 0.29) is 23.6 Å².